The van der Waals surface area contributed by atoms with E-state index in [4.69, 9.17) is 0 Å². The van der Waals surface area contributed by atoms with E-state index >= 15 is 0 Å². The lowest BCUT2D eigenvalue weighted by atomic mass is 10.1. The highest BCUT2D eigenvalue weighted by Crippen LogP contribution is 2.13. The van der Waals surface area contributed by atoms with Crippen LogP contribution >= 0.6 is 0 Å². The first-order valence-corrected chi connectivity index (χ1v) is 4.45. The molecule has 67 valence electrons. The quantitative estimate of drug-likeness (QED) is 0.609. The molecule has 4 nitrogen and oxygen atoms in total. The molecule has 0 aromatic carbocycles. The van der Waals surface area contributed by atoms with Crippen LogP contribution in [-0.2, 0) is 20.7 Å². The van der Waals surface area contributed by atoms with Crippen molar-refractivity contribution in [1.82, 2.24) is 4.47 Å². The maximum atomic E-state index is 11.0. The van der Waals surface area contributed by atoms with Crippen molar-refractivity contribution in [1.29, 1.82) is 0 Å². The van der Waals surface area contributed by atoms with Gasteiger partial charge in [-0.3, -0.25) is 4.18 Å². The summed E-state index contributed by atoms with van der Waals surface area (Å²) in [6, 6.07) is 0. The summed E-state index contributed by atoms with van der Waals surface area (Å²) in [5.74, 6) is 0. The van der Waals surface area contributed by atoms with Gasteiger partial charge >= 0.3 is 0 Å². The van der Waals surface area contributed by atoms with Gasteiger partial charge in [0.1, 0.15) is 0 Å². The summed E-state index contributed by atoms with van der Waals surface area (Å²) in [5, 5.41) is 11.0. The highest BCUT2D eigenvalue weighted by molar-refractivity contribution is 7.77. The third-order valence-corrected chi connectivity index (χ3v) is 2.16. The monoisotopic (exact) mass is 180 g/mol. The van der Waals surface area contributed by atoms with Gasteiger partial charge in [0.15, 0.2) is 0 Å². The van der Waals surface area contributed by atoms with Gasteiger partial charge in [-0.15, -0.1) is 5.21 Å². The molecule has 0 aliphatic carbocycles. The second-order valence-electron chi connectivity index (χ2n) is 3.05. The van der Waals surface area contributed by atoms with E-state index in [-0.39, 0.29) is 6.61 Å². The molecule has 5 heteroatoms. The van der Waals surface area contributed by atoms with Gasteiger partial charge in [-0.1, -0.05) is 0 Å². The van der Waals surface area contributed by atoms with Crippen molar-refractivity contribution in [2.75, 3.05) is 6.61 Å². The molecule has 1 unspecified atom stereocenters. The van der Waals surface area contributed by atoms with Crippen molar-refractivity contribution >= 4 is 11.3 Å². The van der Waals surface area contributed by atoms with E-state index in [0.717, 1.165) is 0 Å². The first kappa shape index (κ1) is 11.0. The maximum Gasteiger partial charge on any atom is 0.264 e. The molecule has 0 rings (SSSR count). The SMILES string of the molecule is CCOS(=O)N([O])C(C)(C)C. The van der Waals surface area contributed by atoms with Crippen LogP contribution in [0.2, 0.25) is 0 Å². The molecule has 0 spiro atoms. The van der Waals surface area contributed by atoms with Crippen molar-refractivity contribution in [2.45, 2.75) is 33.2 Å². The Morgan fingerprint density at radius 3 is 2.18 bits per heavy atom. The van der Waals surface area contributed by atoms with Gasteiger partial charge in [-0.2, -0.15) is 0 Å². The third kappa shape index (κ3) is 3.81. The smallest absolute Gasteiger partial charge is 0.264 e. The lowest BCUT2D eigenvalue weighted by Crippen LogP contribution is -2.39. The van der Waals surface area contributed by atoms with Gasteiger partial charge in [0.25, 0.3) is 11.3 Å². The highest BCUT2D eigenvalue weighted by Gasteiger charge is 2.27. The summed E-state index contributed by atoms with van der Waals surface area (Å²) in [5.41, 5.74) is -0.667. The van der Waals surface area contributed by atoms with Crippen LogP contribution in [0.4, 0.5) is 0 Å². The molecule has 0 fully saturated rings. The Hall–Kier alpha value is 0.0300. The van der Waals surface area contributed by atoms with Gasteiger partial charge in [-0.05, 0) is 32.2 Å². The summed E-state index contributed by atoms with van der Waals surface area (Å²) < 4.78 is 15.9. The second-order valence-corrected chi connectivity index (χ2v) is 4.05. The molecule has 0 saturated heterocycles. The predicted molar refractivity (Wildman–Crippen MR) is 42.0 cm³/mol. The minimum absolute atomic E-state index is 0.279. The second kappa shape index (κ2) is 4.15. The summed E-state index contributed by atoms with van der Waals surface area (Å²) in [4.78, 5) is 0. The van der Waals surface area contributed by atoms with E-state index in [1.807, 2.05) is 0 Å². The average molecular weight is 180 g/mol. The summed E-state index contributed by atoms with van der Waals surface area (Å²) in [7, 11) is 0. The van der Waals surface area contributed by atoms with Crippen LogP contribution in [0.25, 0.3) is 0 Å². The lowest BCUT2D eigenvalue weighted by molar-refractivity contribution is -0.133. The van der Waals surface area contributed by atoms with Crippen LogP contribution in [0.15, 0.2) is 0 Å². The molecule has 11 heavy (non-hydrogen) atoms. The molecule has 0 aromatic heterocycles. The van der Waals surface area contributed by atoms with Gasteiger partial charge < -0.3 is 0 Å². The van der Waals surface area contributed by atoms with Crippen LogP contribution < -0.4 is 0 Å². The molecule has 0 N–H and O–H groups in total. The minimum Gasteiger partial charge on any atom is -0.277 e. The summed E-state index contributed by atoms with van der Waals surface area (Å²) in [6.45, 7) is 7.00. The van der Waals surface area contributed by atoms with E-state index in [1.54, 1.807) is 27.7 Å². The molecule has 0 aliphatic rings. The predicted octanol–water partition coefficient (Wildman–Crippen LogP) is 1.05. The molecule has 0 heterocycles. The van der Waals surface area contributed by atoms with Crippen molar-refractivity contribution in [3.63, 3.8) is 0 Å². The first-order chi connectivity index (χ1) is 4.89. The van der Waals surface area contributed by atoms with Crippen LogP contribution in [-0.4, -0.2) is 20.8 Å². The zero-order valence-electron chi connectivity index (χ0n) is 7.29. The van der Waals surface area contributed by atoms with Crippen molar-refractivity contribution in [3.8, 4) is 0 Å². The molecule has 0 aliphatic heterocycles. The van der Waals surface area contributed by atoms with Crippen LogP contribution in [0.1, 0.15) is 27.7 Å². The molecule has 0 aromatic rings. The zero-order chi connectivity index (χ0) is 9.07. The number of hydrogen-bond donors (Lipinski definition) is 0. The van der Waals surface area contributed by atoms with Crippen molar-refractivity contribution in [2.24, 2.45) is 0 Å². The minimum atomic E-state index is -1.86. The van der Waals surface area contributed by atoms with Gasteiger partial charge in [0.05, 0.1) is 12.1 Å². The molecular weight excluding hydrogens is 166 g/mol. The highest BCUT2D eigenvalue weighted by atomic mass is 32.2. The Morgan fingerprint density at radius 1 is 1.45 bits per heavy atom. The maximum absolute atomic E-state index is 11.0. The fraction of sp³-hybridized carbons (Fsp3) is 1.00. The van der Waals surface area contributed by atoms with Crippen LogP contribution in [0.3, 0.4) is 0 Å². The Kier molecular flexibility index (Phi) is 4.17. The summed E-state index contributed by atoms with van der Waals surface area (Å²) >= 11 is -1.86. The molecule has 1 atom stereocenters. The molecule has 0 saturated carbocycles. The third-order valence-electron chi connectivity index (χ3n) is 0.902. The molecule has 1 radical (unpaired) electrons. The van der Waals surface area contributed by atoms with E-state index < -0.39 is 16.8 Å². The van der Waals surface area contributed by atoms with E-state index in [9.17, 15) is 9.42 Å². The van der Waals surface area contributed by atoms with Gasteiger partial charge in [0, 0.05) is 0 Å². The Balaban J connectivity index is 4.03. The van der Waals surface area contributed by atoms with E-state index in [2.05, 4.69) is 4.18 Å². The number of nitrogens with zero attached hydrogens (tertiary/aromatic N) is 1. The van der Waals surface area contributed by atoms with Crippen molar-refractivity contribution < 1.29 is 13.6 Å². The van der Waals surface area contributed by atoms with Crippen molar-refractivity contribution in [3.05, 3.63) is 0 Å². The number of hydrogen-bond acceptors (Lipinski definition) is 2. The Labute approximate surface area is 69.9 Å². The standard InChI is InChI=1S/C6H14NO3S/c1-5-10-11(9)7(8)6(2,3)4/h5H2,1-4H3. The number of rotatable bonds is 3. The normalized spacial score (nSPS) is 15.5. The number of hydroxylamine groups is 1. The van der Waals surface area contributed by atoms with Gasteiger partial charge in [0.2, 0.25) is 0 Å². The molecule has 0 bridgehead atoms. The van der Waals surface area contributed by atoms with E-state index in [1.165, 1.54) is 0 Å². The average Bonchev–Trinajstić information content (AvgIpc) is 1.85. The largest absolute Gasteiger partial charge is 0.277 e. The first-order valence-electron chi connectivity index (χ1n) is 3.42. The van der Waals surface area contributed by atoms with Crippen LogP contribution in [0, 0.1) is 0 Å². The topological polar surface area (TPSA) is 49.4 Å². The Morgan fingerprint density at radius 2 is 1.91 bits per heavy atom. The lowest BCUT2D eigenvalue weighted by Gasteiger charge is -2.23. The zero-order valence-corrected chi connectivity index (χ0v) is 8.10. The van der Waals surface area contributed by atoms with E-state index in [0.29, 0.717) is 4.47 Å². The molecule has 0 amide bonds. The Bertz CT molecular complexity index is 143. The van der Waals surface area contributed by atoms with Gasteiger partial charge in [-0.25, -0.2) is 4.21 Å². The molecular formula is C6H14NO3S. The van der Waals surface area contributed by atoms with Crippen LogP contribution in [0.5, 0.6) is 0 Å². The summed E-state index contributed by atoms with van der Waals surface area (Å²) in [6.07, 6.45) is 0. The fourth-order valence-electron chi connectivity index (χ4n) is 0.372. The fourth-order valence-corrected chi connectivity index (χ4v) is 1.12.